The van der Waals surface area contributed by atoms with Crippen LogP contribution in [0.4, 0.5) is 18.9 Å². The van der Waals surface area contributed by atoms with Crippen molar-refractivity contribution in [1.29, 1.82) is 0 Å². The number of amides is 1. The number of hydrogen-bond donors (Lipinski definition) is 1. The molecule has 0 atom stereocenters. The second-order valence-corrected chi connectivity index (χ2v) is 4.31. The fourth-order valence-electron chi connectivity index (χ4n) is 1.74. The largest absolute Gasteiger partial charge is 0.495 e. The number of methoxy groups -OCH3 is 2. The van der Waals surface area contributed by atoms with Crippen LogP contribution in [0.2, 0.25) is 0 Å². The zero-order valence-electron chi connectivity index (χ0n) is 12.1. The van der Waals surface area contributed by atoms with Gasteiger partial charge in [-0.15, -0.1) is 0 Å². The van der Waals surface area contributed by atoms with E-state index < -0.39 is 17.6 Å². The van der Waals surface area contributed by atoms with Crippen molar-refractivity contribution in [3.8, 4) is 11.6 Å². The van der Waals surface area contributed by atoms with Crippen LogP contribution in [-0.4, -0.2) is 30.1 Å². The van der Waals surface area contributed by atoms with Crippen molar-refractivity contribution in [1.82, 2.24) is 9.97 Å². The third-order valence-corrected chi connectivity index (χ3v) is 2.86. The lowest BCUT2D eigenvalue weighted by atomic mass is 10.1. The smallest absolute Gasteiger partial charge is 0.416 e. The van der Waals surface area contributed by atoms with Gasteiger partial charge in [-0.05, 0) is 18.2 Å². The molecule has 0 aliphatic carbocycles. The first-order chi connectivity index (χ1) is 10.8. The number of nitrogens with one attached hydrogen (secondary N) is 1. The van der Waals surface area contributed by atoms with Gasteiger partial charge >= 0.3 is 6.18 Å². The number of alkyl halides is 3. The molecule has 0 aliphatic rings. The first kappa shape index (κ1) is 16.5. The van der Waals surface area contributed by atoms with Crippen LogP contribution in [0, 0.1) is 0 Å². The Labute approximate surface area is 129 Å². The van der Waals surface area contributed by atoms with E-state index in [0.29, 0.717) is 0 Å². The summed E-state index contributed by atoms with van der Waals surface area (Å²) in [5, 5.41) is 2.33. The highest BCUT2D eigenvalue weighted by atomic mass is 19.4. The summed E-state index contributed by atoms with van der Waals surface area (Å²) in [6.45, 7) is 0. The lowest BCUT2D eigenvalue weighted by Crippen LogP contribution is -2.15. The zero-order chi connectivity index (χ0) is 17.0. The van der Waals surface area contributed by atoms with Gasteiger partial charge in [0.2, 0.25) is 5.88 Å². The molecule has 122 valence electrons. The van der Waals surface area contributed by atoms with Crippen molar-refractivity contribution in [3.63, 3.8) is 0 Å². The van der Waals surface area contributed by atoms with Crippen molar-refractivity contribution in [2.45, 2.75) is 6.18 Å². The molecule has 1 amide bonds. The first-order valence-corrected chi connectivity index (χ1v) is 6.27. The van der Waals surface area contributed by atoms with Gasteiger partial charge in [-0.1, -0.05) is 0 Å². The minimum Gasteiger partial charge on any atom is -0.495 e. The summed E-state index contributed by atoms with van der Waals surface area (Å²) >= 11 is 0. The number of benzene rings is 1. The van der Waals surface area contributed by atoms with Crippen molar-refractivity contribution in [2.24, 2.45) is 0 Å². The zero-order valence-corrected chi connectivity index (χ0v) is 12.1. The lowest BCUT2D eigenvalue weighted by Gasteiger charge is -2.13. The van der Waals surface area contributed by atoms with E-state index in [2.05, 4.69) is 15.3 Å². The van der Waals surface area contributed by atoms with Crippen molar-refractivity contribution >= 4 is 11.6 Å². The minimum absolute atomic E-state index is 0.0590. The summed E-state index contributed by atoms with van der Waals surface area (Å²) < 4.78 is 48.1. The minimum atomic E-state index is -4.54. The lowest BCUT2D eigenvalue weighted by molar-refractivity contribution is -0.137. The Bertz CT molecular complexity index is 720. The fourth-order valence-corrected chi connectivity index (χ4v) is 1.74. The summed E-state index contributed by atoms with van der Waals surface area (Å²) in [5.41, 5.74) is -1.09. The molecule has 9 heteroatoms. The third kappa shape index (κ3) is 3.87. The Hall–Kier alpha value is -2.84. The highest BCUT2D eigenvalue weighted by molar-refractivity contribution is 6.03. The van der Waals surface area contributed by atoms with E-state index in [-0.39, 0.29) is 23.0 Å². The number of carbonyl (C=O) groups excluding carboxylic acids is 1. The van der Waals surface area contributed by atoms with E-state index >= 15 is 0 Å². The van der Waals surface area contributed by atoms with Crippen LogP contribution < -0.4 is 14.8 Å². The monoisotopic (exact) mass is 327 g/mol. The molecule has 0 bridgehead atoms. The molecule has 0 unspecified atom stereocenters. The summed E-state index contributed by atoms with van der Waals surface area (Å²) in [7, 11) is 2.64. The molecular weight excluding hydrogens is 315 g/mol. The van der Waals surface area contributed by atoms with Gasteiger partial charge in [0.05, 0.1) is 25.5 Å². The van der Waals surface area contributed by atoms with Crippen molar-refractivity contribution in [3.05, 3.63) is 41.9 Å². The predicted octanol–water partition coefficient (Wildman–Crippen LogP) is 2.76. The summed E-state index contributed by atoms with van der Waals surface area (Å²) in [6, 6.07) is 4.03. The van der Waals surface area contributed by atoms with Gasteiger partial charge < -0.3 is 14.8 Å². The average molecular weight is 327 g/mol. The van der Waals surface area contributed by atoms with Gasteiger partial charge in [-0.2, -0.15) is 13.2 Å². The molecule has 1 aromatic heterocycles. The van der Waals surface area contributed by atoms with Gasteiger partial charge in [0, 0.05) is 6.07 Å². The summed E-state index contributed by atoms with van der Waals surface area (Å²) in [4.78, 5) is 19.6. The molecule has 1 heterocycles. The highest BCUT2D eigenvalue weighted by Crippen LogP contribution is 2.35. The molecule has 0 saturated heterocycles. The van der Waals surface area contributed by atoms with Crippen LogP contribution >= 0.6 is 0 Å². The molecule has 0 aliphatic heterocycles. The van der Waals surface area contributed by atoms with E-state index in [9.17, 15) is 18.0 Å². The third-order valence-electron chi connectivity index (χ3n) is 2.86. The van der Waals surface area contributed by atoms with Crippen LogP contribution in [0.3, 0.4) is 0 Å². The average Bonchev–Trinajstić information content (AvgIpc) is 2.54. The van der Waals surface area contributed by atoms with E-state index in [1.807, 2.05) is 0 Å². The molecule has 23 heavy (non-hydrogen) atoms. The van der Waals surface area contributed by atoms with Gasteiger partial charge in [0.25, 0.3) is 5.91 Å². The van der Waals surface area contributed by atoms with E-state index in [1.54, 1.807) is 0 Å². The van der Waals surface area contributed by atoms with E-state index in [0.717, 1.165) is 24.5 Å². The molecule has 2 rings (SSSR count). The van der Waals surface area contributed by atoms with Crippen LogP contribution in [0.1, 0.15) is 16.1 Å². The number of halogens is 3. The number of carbonyl (C=O) groups is 1. The van der Waals surface area contributed by atoms with Crippen LogP contribution in [0.15, 0.2) is 30.6 Å². The number of anilines is 1. The van der Waals surface area contributed by atoms with Gasteiger partial charge in [-0.3, -0.25) is 4.79 Å². The van der Waals surface area contributed by atoms with Gasteiger partial charge in [0.1, 0.15) is 17.8 Å². The number of rotatable bonds is 4. The van der Waals surface area contributed by atoms with Gasteiger partial charge in [0.15, 0.2) is 0 Å². The Morgan fingerprint density at radius 1 is 1.13 bits per heavy atom. The maximum Gasteiger partial charge on any atom is 0.416 e. The summed E-state index contributed by atoms with van der Waals surface area (Å²) in [5.74, 6) is -0.475. The molecule has 0 spiro atoms. The van der Waals surface area contributed by atoms with Crippen LogP contribution in [0.25, 0.3) is 0 Å². The number of ether oxygens (including phenoxy) is 2. The SMILES string of the molecule is COc1cc(C(=O)Nc2cc(C(F)(F)F)ccc2OC)ncn1. The quantitative estimate of drug-likeness (QED) is 0.935. The molecule has 2 aromatic rings. The summed E-state index contributed by atoms with van der Waals surface area (Å²) in [6.07, 6.45) is -3.43. The van der Waals surface area contributed by atoms with E-state index in [4.69, 9.17) is 9.47 Å². The van der Waals surface area contributed by atoms with Crippen molar-refractivity contribution in [2.75, 3.05) is 19.5 Å². The second-order valence-electron chi connectivity index (χ2n) is 4.31. The Morgan fingerprint density at radius 2 is 1.87 bits per heavy atom. The molecule has 6 nitrogen and oxygen atoms in total. The maximum absolute atomic E-state index is 12.8. The number of aromatic nitrogens is 2. The molecular formula is C14H12F3N3O3. The van der Waals surface area contributed by atoms with Gasteiger partial charge in [-0.25, -0.2) is 9.97 Å². The Balaban J connectivity index is 2.32. The van der Waals surface area contributed by atoms with Crippen LogP contribution in [0.5, 0.6) is 11.6 Å². The molecule has 0 fully saturated rings. The Kier molecular flexibility index (Phi) is 4.68. The Morgan fingerprint density at radius 3 is 2.48 bits per heavy atom. The molecule has 0 saturated carbocycles. The first-order valence-electron chi connectivity index (χ1n) is 6.27. The highest BCUT2D eigenvalue weighted by Gasteiger charge is 2.31. The number of hydrogen-bond acceptors (Lipinski definition) is 5. The standard InChI is InChI=1S/C14H12F3N3O3/c1-22-11-4-3-8(14(15,16)17)5-9(11)20-13(21)10-6-12(23-2)19-7-18-10/h3-7H,1-2H3,(H,20,21). The maximum atomic E-state index is 12.8. The fraction of sp³-hybridized carbons (Fsp3) is 0.214. The molecule has 0 radical (unpaired) electrons. The number of nitrogens with zero attached hydrogens (tertiary/aromatic N) is 2. The predicted molar refractivity (Wildman–Crippen MR) is 74.5 cm³/mol. The second kappa shape index (κ2) is 6.51. The molecule has 1 N–H and O–H groups in total. The van der Waals surface area contributed by atoms with Crippen LogP contribution in [-0.2, 0) is 6.18 Å². The molecule has 1 aromatic carbocycles. The van der Waals surface area contributed by atoms with Crippen molar-refractivity contribution < 1.29 is 27.4 Å². The topological polar surface area (TPSA) is 73.3 Å². The normalized spacial score (nSPS) is 11.0. The van der Waals surface area contributed by atoms with E-state index in [1.165, 1.54) is 20.3 Å².